The molecule has 1 atom stereocenters. The topological polar surface area (TPSA) is 17.1 Å². The van der Waals surface area contributed by atoms with Crippen molar-refractivity contribution >= 4 is 16.9 Å². The Labute approximate surface area is 98.9 Å². The Morgan fingerprint density at radius 3 is 2.18 bits per heavy atom. The number of alkyl halides is 6. The monoisotopic (exact) mass is 282 g/mol. The molecule has 8 heteroatoms. The molecule has 0 bridgehead atoms. The number of thioether (sulfide) groups is 1. The summed E-state index contributed by atoms with van der Waals surface area (Å²) in [7, 11) is 0. The number of hydrogen-bond donors (Lipinski definition) is 0. The molecule has 17 heavy (non-hydrogen) atoms. The van der Waals surface area contributed by atoms with E-state index in [1.807, 2.05) is 0 Å². The van der Waals surface area contributed by atoms with Gasteiger partial charge in [-0.2, -0.15) is 13.2 Å². The van der Waals surface area contributed by atoms with Crippen molar-refractivity contribution in [2.75, 3.05) is 5.75 Å². The number of carbonyl (C=O) groups excluding carboxylic acids is 1. The Balaban J connectivity index is 4.00. The lowest BCUT2D eigenvalue weighted by Crippen LogP contribution is -2.29. The fourth-order valence-corrected chi connectivity index (χ4v) is 1.78. The summed E-state index contributed by atoms with van der Waals surface area (Å²) in [6, 6.07) is 0. The molecule has 0 spiro atoms. The Hall–Kier alpha value is -0.400. The molecule has 0 aliphatic heterocycles. The molecule has 0 aromatic heterocycles. The zero-order chi connectivity index (χ0) is 13.7. The molecular formula is C9H12F6OS. The molecule has 0 saturated heterocycles. The van der Waals surface area contributed by atoms with Crippen LogP contribution in [0.3, 0.4) is 0 Å². The summed E-state index contributed by atoms with van der Waals surface area (Å²) in [5, 5.41) is -0.292. The standard InChI is InChI=1S/C9H12F6OS/c1-6(16)17-3-2-7(10)4-8(11,12)5-9(13,14)15/h7H,2-5H2,1H3. The van der Waals surface area contributed by atoms with Gasteiger partial charge in [-0.1, -0.05) is 11.8 Å². The summed E-state index contributed by atoms with van der Waals surface area (Å²) >= 11 is 0.753. The molecule has 1 unspecified atom stereocenters. The molecule has 0 saturated carbocycles. The number of hydrogen-bond acceptors (Lipinski definition) is 2. The summed E-state index contributed by atoms with van der Waals surface area (Å²) in [5.41, 5.74) is 0. The average Bonchev–Trinajstić information content (AvgIpc) is 1.95. The minimum absolute atomic E-state index is 0.0153. The number of carbonyl (C=O) groups is 1. The smallest absolute Gasteiger partial charge is 0.288 e. The summed E-state index contributed by atoms with van der Waals surface area (Å²) in [5.74, 6) is -4.11. The normalized spacial score (nSPS) is 14.8. The summed E-state index contributed by atoms with van der Waals surface area (Å²) in [6.07, 6.45) is -11.2. The molecule has 1 nitrogen and oxygen atoms in total. The van der Waals surface area contributed by atoms with Crippen molar-refractivity contribution in [2.24, 2.45) is 0 Å². The van der Waals surface area contributed by atoms with Gasteiger partial charge in [0.05, 0.1) is 0 Å². The molecule has 0 heterocycles. The van der Waals surface area contributed by atoms with Crippen LogP contribution in [-0.4, -0.2) is 29.1 Å². The van der Waals surface area contributed by atoms with Crippen LogP contribution in [0.5, 0.6) is 0 Å². The first kappa shape index (κ1) is 16.6. The second-order valence-corrected chi connectivity index (χ2v) is 4.85. The third-order valence-corrected chi connectivity index (χ3v) is 2.56. The van der Waals surface area contributed by atoms with Crippen molar-refractivity contribution in [2.45, 2.75) is 44.5 Å². The van der Waals surface area contributed by atoms with Crippen molar-refractivity contribution in [1.29, 1.82) is 0 Å². The van der Waals surface area contributed by atoms with Gasteiger partial charge in [0.2, 0.25) is 0 Å². The number of halogens is 6. The molecule has 0 rings (SSSR count). The second-order valence-electron chi connectivity index (χ2n) is 3.58. The third kappa shape index (κ3) is 10.5. The minimum atomic E-state index is -5.02. The van der Waals surface area contributed by atoms with Crippen LogP contribution >= 0.6 is 11.8 Å². The van der Waals surface area contributed by atoms with E-state index in [4.69, 9.17) is 0 Å². The van der Waals surface area contributed by atoms with E-state index in [0.717, 1.165) is 11.8 Å². The molecule has 0 radical (unpaired) electrons. The van der Waals surface area contributed by atoms with Gasteiger partial charge in [0.1, 0.15) is 12.6 Å². The van der Waals surface area contributed by atoms with Crippen LogP contribution in [0.4, 0.5) is 26.3 Å². The Kier molecular flexibility index (Phi) is 6.36. The van der Waals surface area contributed by atoms with Gasteiger partial charge in [-0.15, -0.1) is 0 Å². The van der Waals surface area contributed by atoms with Gasteiger partial charge < -0.3 is 0 Å². The molecule has 0 fully saturated rings. The van der Waals surface area contributed by atoms with Crippen LogP contribution in [0, 0.1) is 0 Å². The second kappa shape index (κ2) is 6.51. The van der Waals surface area contributed by atoms with E-state index >= 15 is 0 Å². The van der Waals surface area contributed by atoms with Crippen molar-refractivity contribution in [1.82, 2.24) is 0 Å². The van der Waals surface area contributed by atoms with Gasteiger partial charge in [0.15, 0.2) is 5.12 Å². The highest BCUT2D eigenvalue weighted by molar-refractivity contribution is 8.13. The van der Waals surface area contributed by atoms with Crippen molar-refractivity contribution < 1.29 is 31.1 Å². The van der Waals surface area contributed by atoms with E-state index in [9.17, 15) is 31.1 Å². The third-order valence-electron chi connectivity index (χ3n) is 1.72. The van der Waals surface area contributed by atoms with Crippen molar-refractivity contribution in [3.8, 4) is 0 Å². The first-order valence-corrected chi connectivity index (χ1v) is 5.72. The maximum absolute atomic E-state index is 13.0. The zero-order valence-corrected chi connectivity index (χ0v) is 9.81. The van der Waals surface area contributed by atoms with E-state index in [-0.39, 0.29) is 17.3 Å². The SMILES string of the molecule is CC(=O)SCCC(F)CC(F)(F)CC(F)(F)F. The van der Waals surface area contributed by atoms with E-state index in [0.29, 0.717) is 0 Å². The fourth-order valence-electron chi connectivity index (χ4n) is 1.12. The maximum Gasteiger partial charge on any atom is 0.394 e. The average molecular weight is 282 g/mol. The van der Waals surface area contributed by atoms with E-state index < -0.39 is 31.1 Å². The lowest BCUT2D eigenvalue weighted by molar-refractivity contribution is -0.192. The van der Waals surface area contributed by atoms with E-state index in [1.54, 1.807) is 0 Å². The Bertz CT molecular complexity index is 252. The predicted molar refractivity (Wildman–Crippen MR) is 52.9 cm³/mol. The summed E-state index contributed by atoms with van der Waals surface area (Å²) in [4.78, 5) is 10.4. The Morgan fingerprint density at radius 2 is 1.76 bits per heavy atom. The van der Waals surface area contributed by atoms with E-state index in [1.165, 1.54) is 6.92 Å². The van der Waals surface area contributed by atoms with Gasteiger partial charge in [-0.25, -0.2) is 13.2 Å². The molecule has 0 aromatic carbocycles. The van der Waals surface area contributed by atoms with Crippen molar-refractivity contribution in [3.63, 3.8) is 0 Å². The van der Waals surface area contributed by atoms with Crippen LogP contribution < -0.4 is 0 Å². The highest BCUT2D eigenvalue weighted by Crippen LogP contribution is 2.35. The molecular weight excluding hydrogens is 270 g/mol. The largest absolute Gasteiger partial charge is 0.394 e. The van der Waals surface area contributed by atoms with Gasteiger partial charge in [-0.3, -0.25) is 4.79 Å². The van der Waals surface area contributed by atoms with Gasteiger partial charge in [-0.05, 0) is 6.42 Å². The first-order chi connectivity index (χ1) is 7.52. The van der Waals surface area contributed by atoms with Gasteiger partial charge >= 0.3 is 6.18 Å². The highest BCUT2D eigenvalue weighted by Gasteiger charge is 2.44. The lowest BCUT2D eigenvalue weighted by atomic mass is 10.1. The van der Waals surface area contributed by atoms with Crippen LogP contribution in [0.25, 0.3) is 0 Å². The summed E-state index contributed by atoms with van der Waals surface area (Å²) in [6.45, 7) is 1.23. The molecule has 0 aromatic rings. The quantitative estimate of drug-likeness (QED) is 0.686. The van der Waals surface area contributed by atoms with Gasteiger partial charge in [0, 0.05) is 19.1 Å². The van der Waals surface area contributed by atoms with Crippen LogP contribution in [0.2, 0.25) is 0 Å². The van der Waals surface area contributed by atoms with E-state index in [2.05, 4.69) is 0 Å². The molecule has 102 valence electrons. The van der Waals surface area contributed by atoms with Crippen molar-refractivity contribution in [3.05, 3.63) is 0 Å². The molecule has 0 N–H and O–H groups in total. The van der Waals surface area contributed by atoms with Crippen LogP contribution in [-0.2, 0) is 4.79 Å². The molecule has 0 aliphatic rings. The minimum Gasteiger partial charge on any atom is -0.288 e. The van der Waals surface area contributed by atoms with Crippen LogP contribution in [0.15, 0.2) is 0 Å². The molecule has 0 aliphatic carbocycles. The molecule has 0 amide bonds. The predicted octanol–water partition coefficient (Wildman–Crippen LogP) is 3.97. The highest BCUT2D eigenvalue weighted by atomic mass is 32.2. The number of rotatable bonds is 6. The van der Waals surface area contributed by atoms with Crippen LogP contribution in [0.1, 0.15) is 26.2 Å². The Morgan fingerprint density at radius 1 is 1.24 bits per heavy atom. The van der Waals surface area contributed by atoms with Gasteiger partial charge in [0.25, 0.3) is 5.92 Å². The first-order valence-electron chi connectivity index (χ1n) is 4.74. The maximum atomic E-state index is 13.0. The fraction of sp³-hybridized carbons (Fsp3) is 0.889. The summed E-state index contributed by atoms with van der Waals surface area (Å²) < 4.78 is 73.5. The lowest BCUT2D eigenvalue weighted by Gasteiger charge is -2.19. The zero-order valence-electron chi connectivity index (χ0n) is 8.99.